The molecule has 2 aromatic heterocycles. The molecule has 0 bridgehead atoms. The minimum absolute atomic E-state index is 0.139. The number of rotatable bonds is 5. The van der Waals surface area contributed by atoms with Crippen LogP contribution in [0.2, 0.25) is 0 Å². The van der Waals surface area contributed by atoms with Gasteiger partial charge in [-0.1, -0.05) is 0 Å². The van der Waals surface area contributed by atoms with Crippen LogP contribution in [0.4, 0.5) is 11.8 Å². The molecule has 0 aromatic carbocycles. The summed E-state index contributed by atoms with van der Waals surface area (Å²) in [7, 11) is 0. The highest BCUT2D eigenvalue weighted by Crippen LogP contribution is 2.18. The second-order valence-corrected chi connectivity index (χ2v) is 5.98. The maximum atomic E-state index is 11.4. The molecule has 1 unspecified atom stereocenters. The normalized spacial score (nSPS) is 17.8. The average molecular weight is 330 g/mol. The smallest absolute Gasteiger partial charge is 0.251 e. The van der Waals surface area contributed by atoms with Gasteiger partial charge in [0.2, 0.25) is 5.95 Å². The van der Waals surface area contributed by atoms with Gasteiger partial charge >= 0.3 is 0 Å². The maximum Gasteiger partial charge on any atom is 0.251 e. The summed E-state index contributed by atoms with van der Waals surface area (Å²) in [5.74, 6) is 1.96. The first-order valence-corrected chi connectivity index (χ1v) is 8.17. The maximum absolute atomic E-state index is 11.4. The Morgan fingerprint density at radius 2 is 2.33 bits per heavy atom. The van der Waals surface area contributed by atoms with Crippen LogP contribution < -0.4 is 15.8 Å². The third-order valence-corrected chi connectivity index (χ3v) is 3.94. The number of β-amino-alcohol motifs (C(OH)–C–C–N with tert-alkyl or cyclic N) is 1. The van der Waals surface area contributed by atoms with Crippen molar-refractivity contribution in [3.05, 3.63) is 40.2 Å². The van der Waals surface area contributed by atoms with Crippen LogP contribution in [0.15, 0.2) is 23.1 Å². The van der Waals surface area contributed by atoms with Crippen molar-refractivity contribution in [2.45, 2.75) is 32.3 Å². The fourth-order valence-electron chi connectivity index (χ4n) is 2.85. The Bertz CT molecular complexity index is 747. The Balaban J connectivity index is 1.59. The van der Waals surface area contributed by atoms with E-state index in [-0.39, 0.29) is 11.7 Å². The van der Waals surface area contributed by atoms with Gasteiger partial charge in [0.1, 0.15) is 11.6 Å². The number of aromatic nitrogens is 4. The number of H-pyrrole nitrogens is 1. The van der Waals surface area contributed by atoms with E-state index < -0.39 is 0 Å². The van der Waals surface area contributed by atoms with Gasteiger partial charge in [0.05, 0.1) is 6.10 Å². The van der Waals surface area contributed by atoms with Crippen molar-refractivity contribution in [1.82, 2.24) is 19.9 Å². The zero-order chi connectivity index (χ0) is 16.9. The predicted molar refractivity (Wildman–Crippen MR) is 91.3 cm³/mol. The summed E-state index contributed by atoms with van der Waals surface area (Å²) in [5, 5.41) is 12.9. The number of aryl methyl sites for hydroxylation is 1. The number of aliphatic hydroxyl groups is 1. The zero-order valence-electron chi connectivity index (χ0n) is 13.7. The van der Waals surface area contributed by atoms with Gasteiger partial charge in [0, 0.05) is 44.0 Å². The Labute approximate surface area is 140 Å². The summed E-state index contributed by atoms with van der Waals surface area (Å²) >= 11 is 0. The van der Waals surface area contributed by atoms with Crippen LogP contribution in [0.3, 0.4) is 0 Å². The summed E-state index contributed by atoms with van der Waals surface area (Å²) in [4.78, 5) is 29.1. The number of hydrogen-bond donors (Lipinski definition) is 3. The van der Waals surface area contributed by atoms with Crippen LogP contribution in [0, 0.1) is 6.92 Å². The highest BCUT2D eigenvalue weighted by molar-refractivity contribution is 5.43. The first-order valence-electron chi connectivity index (χ1n) is 8.17. The quantitative estimate of drug-likeness (QED) is 0.732. The average Bonchev–Trinajstić information content (AvgIpc) is 2.54. The number of piperidine rings is 1. The Kier molecular flexibility index (Phi) is 5.05. The molecule has 0 aliphatic carbocycles. The summed E-state index contributed by atoms with van der Waals surface area (Å²) in [6.45, 7) is 3.84. The molecule has 8 nitrogen and oxygen atoms in total. The van der Waals surface area contributed by atoms with Crippen molar-refractivity contribution in [3.63, 3.8) is 0 Å². The molecule has 8 heteroatoms. The second-order valence-electron chi connectivity index (χ2n) is 5.98. The highest BCUT2D eigenvalue weighted by Gasteiger charge is 2.19. The number of aromatic amines is 1. The lowest BCUT2D eigenvalue weighted by atomic mass is 10.1. The molecule has 1 saturated heterocycles. The Hall–Kier alpha value is -2.48. The molecule has 1 atom stereocenters. The van der Waals surface area contributed by atoms with E-state index in [1.54, 1.807) is 13.1 Å². The van der Waals surface area contributed by atoms with Crippen LogP contribution in [-0.4, -0.2) is 50.8 Å². The number of nitrogens with zero attached hydrogens (tertiary/aromatic N) is 4. The Morgan fingerprint density at radius 3 is 3.12 bits per heavy atom. The standard InChI is InChI=1S/C16H22N6O2/c1-11-19-12(9-15(24)20-11)4-6-17-16-18-7-5-14(21-16)22-8-2-3-13(23)10-22/h5,7,9,13,23H,2-4,6,8,10H2,1H3,(H,17,18,21)(H,19,20,24). The summed E-state index contributed by atoms with van der Waals surface area (Å²) < 4.78 is 0. The fraction of sp³-hybridized carbons (Fsp3) is 0.500. The van der Waals surface area contributed by atoms with Crippen molar-refractivity contribution < 1.29 is 5.11 Å². The SMILES string of the molecule is Cc1nc(CCNc2nccc(N3CCCC(O)C3)n2)cc(=O)[nH]1. The lowest BCUT2D eigenvalue weighted by Crippen LogP contribution is -2.38. The van der Waals surface area contributed by atoms with E-state index in [1.165, 1.54) is 6.07 Å². The van der Waals surface area contributed by atoms with Gasteiger partial charge in [-0.3, -0.25) is 4.79 Å². The largest absolute Gasteiger partial charge is 0.391 e. The molecule has 24 heavy (non-hydrogen) atoms. The summed E-state index contributed by atoms with van der Waals surface area (Å²) in [5.41, 5.74) is 0.596. The molecule has 0 radical (unpaired) electrons. The lowest BCUT2D eigenvalue weighted by Gasteiger charge is -2.31. The van der Waals surface area contributed by atoms with E-state index in [0.717, 1.165) is 30.9 Å². The van der Waals surface area contributed by atoms with Crippen LogP contribution in [0.25, 0.3) is 0 Å². The monoisotopic (exact) mass is 330 g/mol. The third-order valence-electron chi connectivity index (χ3n) is 3.94. The predicted octanol–water partition coefficient (Wildman–Crippen LogP) is 0.484. The number of aliphatic hydroxyl groups excluding tert-OH is 1. The molecule has 3 heterocycles. The van der Waals surface area contributed by atoms with Crippen molar-refractivity contribution in [1.29, 1.82) is 0 Å². The van der Waals surface area contributed by atoms with Crippen molar-refractivity contribution in [2.75, 3.05) is 29.9 Å². The van der Waals surface area contributed by atoms with Crippen LogP contribution in [-0.2, 0) is 6.42 Å². The zero-order valence-corrected chi connectivity index (χ0v) is 13.7. The molecule has 0 saturated carbocycles. The molecule has 0 amide bonds. The van der Waals surface area contributed by atoms with Crippen LogP contribution >= 0.6 is 0 Å². The van der Waals surface area contributed by atoms with Crippen molar-refractivity contribution in [3.8, 4) is 0 Å². The summed E-state index contributed by atoms with van der Waals surface area (Å²) in [6, 6.07) is 3.35. The molecule has 128 valence electrons. The highest BCUT2D eigenvalue weighted by atomic mass is 16.3. The van der Waals surface area contributed by atoms with E-state index in [0.29, 0.717) is 31.3 Å². The van der Waals surface area contributed by atoms with Gasteiger partial charge in [-0.15, -0.1) is 0 Å². The molecular weight excluding hydrogens is 308 g/mol. The molecule has 3 N–H and O–H groups in total. The lowest BCUT2D eigenvalue weighted by molar-refractivity contribution is 0.154. The second kappa shape index (κ2) is 7.39. The molecule has 0 spiro atoms. The van der Waals surface area contributed by atoms with Gasteiger partial charge in [-0.05, 0) is 25.8 Å². The molecular formula is C16H22N6O2. The fourth-order valence-corrected chi connectivity index (χ4v) is 2.85. The number of anilines is 2. The molecule has 1 aliphatic rings. The minimum atomic E-state index is -0.296. The van der Waals surface area contributed by atoms with Gasteiger partial charge in [0.25, 0.3) is 5.56 Å². The van der Waals surface area contributed by atoms with Gasteiger partial charge in [-0.25, -0.2) is 9.97 Å². The first-order chi connectivity index (χ1) is 11.6. The first kappa shape index (κ1) is 16.4. The van der Waals surface area contributed by atoms with Crippen LogP contribution in [0.1, 0.15) is 24.4 Å². The molecule has 1 fully saturated rings. The number of nitrogens with one attached hydrogen (secondary N) is 2. The van der Waals surface area contributed by atoms with E-state index in [4.69, 9.17) is 0 Å². The molecule has 1 aliphatic heterocycles. The topological polar surface area (TPSA) is 107 Å². The molecule has 3 rings (SSSR count). The van der Waals surface area contributed by atoms with Crippen molar-refractivity contribution >= 4 is 11.8 Å². The number of hydrogen-bond acceptors (Lipinski definition) is 7. The van der Waals surface area contributed by atoms with Gasteiger partial charge < -0.3 is 20.3 Å². The van der Waals surface area contributed by atoms with E-state index in [2.05, 4.69) is 30.2 Å². The van der Waals surface area contributed by atoms with E-state index in [1.807, 2.05) is 6.07 Å². The van der Waals surface area contributed by atoms with Gasteiger partial charge in [-0.2, -0.15) is 4.98 Å². The van der Waals surface area contributed by atoms with Crippen LogP contribution in [0.5, 0.6) is 0 Å². The van der Waals surface area contributed by atoms with Gasteiger partial charge in [0.15, 0.2) is 0 Å². The minimum Gasteiger partial charge on any atom is -0.391 e. The summed E-state index contributed by atoms with van der Waals surface area (Å²) in [6.07, 6.45) is 3.83. The van der Waals surface area contributed by atoms with Crippen molar-refractivity contribution in [2.24, 2.45) is 0 Å². The van der Waals surface area contributed by atoms with E-state index >= 15 is 0 Å². The van der Waals surface area contributed by atoms with E-state index in [9.17, 15) is 9.90 Å². The Morgan fingerprint density at radius 1 is 1.46 bits per heavy atom. The third kappa shape index (κ3) is 4.29. The molecule has 2 aromatic rings.